The lowest BCUT2D eigenvalue weighted by Gasteiger charge is -2.19. The van der Waals surface area contributed by atoms with E-state index in [-0.39, 0.29) is 10.9 Å². The molecule has 1 aromatic carbocycles. The fourth-order valence-corrected chi connectivity index (χ4v) is 4.50. The van der Waals surface area contributed by atoms with Gasteiger partial charge in [0.05, 0.1) is 5.75 Å². The van der Waals surface area contributed by atoms with E-state index in [4.69, 9.17) is 0 Å². The molecule has 2 aromatic rings. The maximum absolute atomic E-state index is 13.2. The molecular weight excluding hydrogens is 387 g/mol. The monoisotopic (exact) mass is 408 g/mol. The minimum absolute atomic E-state index is 0.162. The number of likely N-dealkylation sites (tertiary alicyclic amines) is 1. The van der Waals surface area contributed by atoms with Crippen molar-refractivity contribution in [1.29, 1.82) is 0 Å². The number of amides is 2. The second-order valence-corrected chi connectivity index (χ2v) is 8.30. The zero-order valence-electron chi connectivity index (χ0n) is 14.8. The summed E-state index contributed by atoms with van der Waals surface area (Å²) in [5.74, 6) is 0.260. The fraction of sp³-hybridized carbons (Fsp3) is 0.444. The molecule has 2 amide bonds. The number of rotatable bonds is 6. The number of carbonyl (C=O) groups excluding carboxylic acids is 2. The Morgan fingerprint density at radius 3 is 2.70 bits per heavy atom. The molecule has 6 nitrogen and oxygen atoms in total. The number of hydrogen-bond acceptors (Lipinski definition) is 6. The van der Waals surface area contributed by atoms with Gasteiger partial charge < -0.3 is 10.2 Å². The number of nitrogens with one attached hydrogen (secondary N) is 1. The molecule has 1 aliphatic rings. The van der Waals surface area contributed by atoms with Crippen molar-refractivity contribution in [2.45, 2.75) is 31.4 Å². The highest BCUT2D eigenvalue weighted by Gasteiger charge is 2.17. The SMILES string of the molecule is O=C(Nc1cccc(F)c1)c1nnc(CSCC(=O)N2CCCCCC2)s1. The predicted molar refractivity (Wildman–Crippen MR) is 105 cm³/mol. The summed E-state index contributed by atoms with van der Waals surface area (Å²) in [6, 6.07) is 5.68. The molecule has 27 heavy (non-hydrogen) atoms. The lowest BCUT2D eigenvalue weighted by molar-refractivity contribution is -0.128. The molecule has 0 bridgehead atoms. The Hall–Kier alpha value is -2.00. The summed E-state index contributed by atoms with van der Waals surface area (Å²) in [7, 11) is 0. The predicted octanol–water partition coefficient (Wildman–Crippen LogP) is 3.57. The van der Waals surface area contributed by atoms with Crippen LogP contribution in [0.3, 0.4) is 0 Å². The maximum atomic E-state index is 13.2. The van der Waals surface area contributed by atoms with Crippen molar-refractivity contribution in [2.24, 2.45) is 0 Å². The molecule has 1 N–H and O–H groups in total. The van der Waals surface area contributed by atoms with E-state index in [9.17, 15) is 14.0 Å². The third kappa shape index (κ3) is 6.00. The number of aromatic nitrogens is 2. The van der Waals surface area contributed by atoms with Gasteiger partial charge in [0, 0.05) is 24.5 Å². The first-order valence-corrected chi connectivity index (χ1v) is 10.8. The lowest BCUT2D eigenvalue weighted by atomic mass is 10.2. The highest BCUT2D eigenvalue weighted by Crippen LogP contribution is 2.19. The van der Waals surface area contributed by atoms with Crippen LogP contribution in [-0.4, -0.2) is 45.8 Å². The molecule has 0 radical (unpaired) electrons. The summed E-state index contributed by atoms with van der Waals surface area (Å²) >= 11 is 2.66. The lowest BCUT2D eigenvalue weighted by Crippen LogP contribution is -2.33. The molecule has 0 aliphatic carbocycles. The zero-order valence-corrected chi connectivity index (χ0v) is 16.5. The molecule has 144 valence electrons. The quantitative estimate of drug-likeness (QED) is 0.791. The van der Waals surface area contributed by atoms with Crippen LogP contribution in [0.2, 0.25) is 0 Å². The molecule has 0 atom stereocenters. The number of hydrogen-bond donors (Lipinski definition) is 1. The largest absolute Gasteiger partial charge is 0.342 e. The highest BCUT2D eigenvalue weighted by molar-refractivity contribution is 7.99. The molecule has 2 heterocycles. The van der Waals surface area contributed by atoms with Crippen molar-refractivity contribution in [1.82, 2.24) is 15.1 Å². The second kappa shape index (κ2) is 9.80. The number of thioether (sulfide) groups is 1. The van der Waals surface area contributed by atoms with E-state index in [2.05, 4.69) is 15.5 Å². The van der Waals surface area contributed by atoms with Gasteiger partial charge in [0.25, 0.3) is 5.91 Å². The van der Waals surface area contributed by atoms with Crippen LogP contribution in [0.5, 0.6) is 0 Å². The Kier molecular flexibility index (Phi) is 7.17. The van der Waals surface area contributed by atoms with E-state index in [1.165, 1.54) is 54.1 Å². The molecular formula is C18H21FN4O2S2. The number of anilines is 1. The Morgan fingerprint density at radius 1 is 1.19 bits per heavy atom. The van der Waals surface area contributed by atoms with Crippen molar-refractivity contribution in [3.63, 3.8) is 0 Å². The Labute approximate surface area is 165 Å². The van der Waals surface area contributed by atoms with Crippen LogP contribution in [0.1, 0.15) is 40.5 Å². The number of halogens is 1. The fourth-order valence-electron chi connectivity index (χ4n) is 2.79. The van der Waals surface area contributed by atoms with Gasteiger partial charge in [-0.1, -0.05) is 30.2 Å². The van der Waals surface area contributed by atoms with Gasteiger partial charge in [-0.15, -0.1) is 22.0 Å². The first kappa shape index (κ1) is 19.8. The van der Waals surface area contributed by atoms with Gasteiger partial charge in [-0.3, -0.25) is 9.59 Å². The molecule has 1 aromatic heterocycles. The van der Waals surface area contributed by atoms with Crippen LogP contribution in [0.15, 0.2) is 24.3 Å². The van der Waals surface area contributed by atoms with Crippen molar-refractivity contribution >= 4 is 40.6 Å². The number of benzene rings is 1. The van der Waals surface area contributed by atoms with Gasteiger partial charge in [-0.05, 0) is 31.0 Å². The van der Waals surface area contributed by atoms with Crippen molar-refractivity contribution in [2.75, 3.05) is 24.2 Å². The van der Waals surface area contributed by atoms with Crippen LogP contribution in [0, 0.1) is 5.82 Å². The van der Waals surface area contributed by atoms with Crippen molar-refractivity contribution in [3.8, 4) is 0 Å². The van der Waals surface area contributed by atoms with E-state index < -0.39 is 11.7 Å². The van der Waals surface area contributed by atoms with E-state index in [0.717, 1.165) is 25.9 Å². The van der Waals surface area contributed by atoms with Gasteiger partial charge in [0.2, 0.25) is 10.9 Å². The van der Waals surface area contributed by atoms with Crippen LogP contribution in [0.25, 0.3) is 0 Å². The minimum Gasteiger partial charge on any atom is -0.342 e. The minimum atomic E-state index is -0.421. The van der Waals surface area contributed by atoms with Crippen LogP contribution in [-0.2, 0) is 10.5 Å². The topological polar surface area (TPSA) is 75.2 Å². The molecule has 0 spiro atoms. The second-order valence-electron chi connectivity index (χ2n) is 6.25. The van der Waals surface area contributed by atoms with Crippen LogP contribution >= 0.6 is 23.1 Å². The van der Waals surface area contributed by atoms with Gasteiger partial charge in [0.15, 0.2) is 0 Å². The standard InChI is InChI=1S/C18H21FN4O2S2/c19-13-6-5-7-14(10-13)20-17(25)18-22-21-15(27-18)11-26-12-16(24)23-8-3-1-2-4-9-23/h5-7,10H,1-4,8-9,11-12H2,(H,20,25). The molecule has 1 aliphatic heterocycles. The summed E-state index contributed by atoms with van der Waals surface area (Å²) in [6.45, 7) is 1.70. The average Bonchev–Trinajstić information content (AvgIpc) is 2.95. The van der Waals surface area contributed by atoms with E-state index >= 15 is 0 Å². The van der Waals surface area contributed by atoms with Crippen molar-refractivity contribution < 1.29 is 14.0 Å². The van der Waals surface area contributed by atoms with Crippen LogP contribution in [0.4, 0.5) is 10.1 Å². The normalized spacial score (nSPS) is 14.6. The first-order chi connectivity index (χ1) is 13.1. The van der Waals surface area contributed by atoms with E-state index in [1.54, 1.807) is 6.07 Å². The Morgan fingerprint density at radius 2 is 1.96 bits per heavy atom. The Balaban J connectivity index is 1.46. The summed E-state index contributed by atoms with van der Waals surface area (Å²) in [6.07, 6.45) is 4.55. The third-order valence-electron chi connectivity index (χ3n) is 4.15. The molecule has 1 saturated heterocycles. The smallest absolute Gasteiger partial charge is 0.286 e. The molecule has 0 unspecified atom stereocenters. The molecule has 1 fully saturated rings. The number of carbonyl (C=O) groups is 2. The summed E-state index contributed by atoms with van der Waals surface area (Å²) in [5, 5.41) is 11.4. The molecule has 0 saturated carbocycles. The highest BCUT2D eigenvalue weighted by atomic mass is 32.2. The summed E-state index contributed by atoms with van der Waals surface area (Å²) in [5.41, 5.74) is 0.370. The molecule has 9 heteroatoms. The maximum Gasteiger partial charge on any atom is 0.286 e. The zero-order chi connectivity index (χ0) is 19.1. The Bertz CT molecular complexity index is 791. The summed E-state index contributed by atoms with van der Waals surface area (Å²) in [4.78, 5) is 26.4. The average molecular weight is 409 g/mol. The van der Waals surface area contributed by atoms with Gasteiger partial charge in [-0.25, -0.2) is 4.39 Å². The third-order valence-corrected chi connectivity index (χ3v) is 6.19. The summed E-state index contributed by atoms with van der Waals surface area (Å²) < 4.78 is 13.2. The molecule has 3 rings (SSSR count). The van der Waals surface area contributed by atoms with E-state index in [1.807, 2.05) is 4.90 Å². The van der Waals surface area contributed by atoms with Gasteiger partial charge in [-0.2, -0.15) is 0 Å². The van der Waals surface area contributed by atoms with Gasteiger partial charge in [0.1, 0.15) is 10.8 Å². The first-order valence-electron chi connectivity index (χ1n) is 8.86. The van der Waals surface area contributed by atoms with Crippen LogP contribution < -0.4 is 5.32 Å². The number of nitrogens with zero attached hydrogens (tertiary/aromatic N) is 3. The van der Waals surface area contributed by atoms with Gasteiger partial charge >= 0.3 is 0 Å². The van der Waals surface area contributed by atoms with Crippen molar-refractivity contribution in [3.05, 3.63) is 40.1 Å². The van der Waals surface area contributed by atoms with E-state index in [0.29, 0.717) is 22.2 Å².